The lowest BCUT2D eigenvalue weighted by Gasteiger charge is -2.10. The fourth-order valence-electron chi connectivity index (χ4n) is 1.46. The van der Waals surface area contributed by atoms with Crippen LogP contribution in [0, 0.1) is 5.92 Å². The third-order valence-electron chi connectivity index (χ3n) is 2.52. The van der Waals surface area contributed by atoms with E-state index >= 15 is 0 Å². The number of hydrogen-bond acceptors (Lipinski definition) is 2. The zero-order valence-electron chi connectivity index (χ0n) is 8.91. The van der Waals surface area contributed by atoms with Crippen LogP contribution in [-0.4, -0.2) is 12.3 Å². The Hall–Kier alpha value is -0.890. The molecule has 0 spiro atoms. The number of benzene rings is 1. The first-order valence-electron chi connectivity index (χ1n) is 5.46. The minimum Gasteiger partial charge on any atom is -0.384 e. The number of para-hydroxylation sites is 1. The highest BCUT2D eigenvalue weighted by Crippen LogP contribution is 2.31. The Morgan fingerprint density at radius 2 is 2.20 bits per heavy atom. The topological polar surface area (TPSA) is 12.0 Å². The van der Waals surface area contributed by atoms with Crippen molar-refractivity contribution in [3.8, 4) is 0 Å². The summed E-state index contributed by atoms with van der Waals surface area (Å²) in [6, 6.07) is 8.51. The van der Waals surface area contributed by atoms with E-state index in [2.05, 4.69) is 36.2 Å². The van der Waals surface area contributed by atoms with Gasteiger partial charge in [0, 0.05) is 22.9 Å². The summed E-state index contributed by atoms with van der Waals surface area (Å²) in [5.74, 6) is 1.89. The second-order valence-electron chi connectivity index (χ2n) is 3.92. The van der Waals surface area contributed by atoms with Crippen LogP contribution in [-0.2, 0) is 0 Å². The van der Waals surface area contributed by atoms with Gasteiger partial charge in [-0.3, -0.25) is 0 Å². The monoisotopic (exact) mass is 219 g/mol. The van der Waals surface area contributed by atoms with E-state index in [0.29, 0.717) is 0 Å². The van der Waals surface area contributed by atoms with Crippen molar-refractivity contribution >= 4 is 17.4 Å². The maximum Gasteiger partial charge on any atom is 0.0478 e. The molecule has 1 aliphatic rings. The highest BCUT2D eigenvalue weighted by Gasteiger charge is 2.20. The fraction of sp³-hybridized carbons (Fsp3) is 0.385. The summed E-state index contributed by atoms with van der Waals surface area (Å²) in [6.07, 6.45) is 4.74. The SMILES string of the molecule is C=CCSc1ccccc1NCC1CC1. The second-order valence-corrected chi connectivity index (χ2v) is 4.98. The molecule has 0 aromatic heterocycles. The first-order chi connectivity index (χ1) is 7.40. The smallest absolute Gasteiger partial charge is 0.0478 e. The van der Waals surface area contributed by atoms with Crippen LogP contribution >= 0.6 is 11.8 Å². The van der Waals surface area contributed by atoms with Gasteiger partial charge in [-0.05, 0) is 30.9 Å². The molecule has 0 bridgehead atoms. The molecule has 1 fully saturated rings. The molecule has 2 heteroatoms. The molecule has 1 saturated carbocycles. The van der Waals surface area contributed by atoms with Gasteiger partial charge in [0.15, 0.2) is 0 Å². The third kappa shape index (κ3) is 3.31. The lowest BCUT2D eigenvalue weighted by molar-refractivity contribution is 0.886. The van der Waals surface area contributed by atoms with E-state index in [4.69, 9.17) is 0 Å². The van der Waals surface area contributed by atoms with Crippen molar-refractivity contribution in [2.75, 3.05) is 17.6 Å². The van der Waals surface area contributed by atoms with Gasteiger partial charge in [-0.2, -0.15) is 0 Å². The van der Waals surface area contributed by atoms with Crippen molar-refractivity contribution in [1.82, 2.24) is 0 Å². The van der Waals surface area contributed by atoms with Gasteiger partial charge in [-0.1, -0.05) is 18.2 Å². The quantitative estimate of drug-likeness (QED) is 0.577. The van der Waals surface area contributed by atoms with Crippen molar-refractivity contribution in [2.45, 2.75) is 17.7 Å². The van der Waals surface area contributed by atoms with Crippen molar-refractivity contribution < 1.29 is 0 Å². The summed E-state index contributed by atoms with van der Waals surface area (Å²) in [5, 5.41) is 3.53. The van der Waals surface area contributed by atoms with E-state index in [0.717, 1.165) is 18.2 Å². The highest BCUT2D eigenvalue weighted by molar-refractivity contribution is 7.99. The molecule has 15 heavy (non-hydrogen) atoms. The molecule has 0 amide bonds. The van der Waals surface area contributed by atoms with E-state index in [1.807, 2.05) is 17.8 Å². The Morgan fingerprint density at radius 1 is 1.40 bits per heavy atom. The predicted molar refractivity (Wildman–Crippen MR) is 68.6 cm³/mol. The zero-order chi connectivity index (χ0) is 10.5. The number of rotatable bonds is 6. The van der Waals surface area contributed by atoms with E-state index in [1.54, 1.807) is 0 Å². The molecule has 1 aliphatic carbocycles. The molecular weight excluding hydrogens is 202 g/mol. The largest absolute Gasteiger partial charge is 0.384 e. The Kier molecular flexibility index (Phi) is 3.73. The molecule has 0 aliphatic heterocycles. The average Bonchev–Trinajstić information content (AvgIpc) is 3.08. The highest BCUT2D eigenvalue weighted by atomic mass is 32.2. The molecule has 80 valence electrons. The summed E-state index contributed by atoms with van der Waals surface area (Å²) in [6.45, 7) is 4.88. The standard InChI is InChI=1S/C13H17NS/c1-2-9-15-13-6-4-3-5-12(13)14-10-11-7-8-11/h2-6,11,14H,1,7-10H2. The lowest BCUT2D eigenvalue weighted by Crippen LogP contribution is -2.03. The third-order valence-corrected chi connectivity index (χ3v) is 3.59. The maximum absolute atomic E-state index is 3.75. The Labute approximate surface area is 96.0 Å². The summed E-state index contributed by atoms with van der Waals surface area (Å²) in [5.41, 5.74) is 1.27. The normalized spacial score (nSPS) is 14.9. The number of nitrogens with one attached hydrogen (secondary N) is 1. The van der Waals surface area contributed by atoms with Crippen LogP contribution in [0.4, 0.5) is 5.69 Å². The van der Waals surface area contributed by atoms with Crippen LogP contribution in [0.25, 0.3) is 0 Å². The van der Waals surface area contributed by atoms with Gasteiger partial charge < -0.3 is 5.32 Å². The van der Waals surface area contributed by atoms with Gasteiger partial charge in [-0.15, -0.1) is 18.3 Å². The van der Waals surface area contributed by atoms with Gasteiger partial charge in [0.05, 0.1) is 0 Å². The van der Waals surface area contributed by atoms with E-state index in [9.17, 15) is 0 Å². The molecule has 0 atom stereocenters. The van der Waals surface area contributed by atoms with Gasteiger partial charge in [0.2, 0.25) is 0 Å². The number of anilines is 1. The van der Waals surface area contributed by atoms with Crippen LogP contribution in [0.15, 0.2) is 41.8 Å². The second kappa shape index (κ2) is 5.26. The summed E-state index contributed by atoms with van der Waals surface area (Å²) >= 11 is 1.84. The zero-order valence-corrected chi connectivity index (χ0v) is 9.72. The molecule has 1 aromatic carbocycles. The van der Waals surface area contributed by atoms with Crippen molar-refractivity contribution in [3.63, 3.8) is 0 Å². The molecule has 0 heterocycles. The molecule has 1 nitrogen and oxygen atoms in total. The first kappa shape index (κ1) is 10.6. The van der Waals surface area contributed by atoms with Crippen molar-refractivity contribution in [3.05, 3.63) is 36.9 Å². The summed E-state index contributed by atoms with van der Waals surface area (Å²) < 4.78 is 0. The Bertz CT molecular complexity index is 331. The van der Waals surface area contributed by atoms with Crippen molar-refractivity contribution in [1.29, 1.82) is 0 Å². The van der Waals surface area contributed by atoms with Crippen LogP contribution in [0.2, 0.25) is 0 Å². The van der Waals surface area contributed by atoms with Crippen LogP contribution in [0.1, 0.15) is 12.8 Å². The molecular formula is C13H17NS. The van der Waals surface area contributed by atoms with Crippen LogP contribution < -0.4 is 5.32 Å². The van der Waals surface area contributed by atoms with Gasteiger partial charge >= 0.3 is 0 Å². The average molecular weight is 219 g/mol. The molecule has 1 N–H and O–H groups in total. The molecule has 2 rings (SSSR count). The van der Waals surface area contributed by atoms with Gasteiger partial charge in [-0.25, -0.2) is 0 Å². The minimum absolute atomic E-state index is 0.919. The first-order valence-corrected chi connectivity index (χ1v) is 6.45. The molecule has 1 aromatic rings. The summed E-state index contributed by atoms with van der Waals surface area (Å²) in [4.78, 5) is 1.33. The fourth-order valence-corrected chi connectivity index (χ4v) is 2.23. The van der Waals surface area contributed by atoms with Gasteiger partial charge in [0.25, 0.3) is 0 Å². The molecule has 0 unspecified atom stereocenters. The lowest BCUT2D eigenvalue weighted by atomic mass is 10.3. The van der Waals surface area contributed by atoms with E-state index in [1.165, 1.54) is 23.4 Å². The number of hydrogen-bond donors (Lipinski definition) is 1. The van der Waals surface area contributed by atoms with E-state index < -0.39 is 0 Å². The minimum atomic E-state index is 0.919. The molecule has 0 saturated heterocycles. The van der Waals surface area contributed by atoms with Gasteiger partial charge in [0.1, 0.15) is 0 Å². The number of thioether (sulfide) groups is 1. The maximum atomic E-state index is 3.75. The van der Waals surface area contributed by atoms with Crippen LogP contribution in [0.5, 0.6) is 0 Å². The predicted octanol–water partition coefficient (Wildman–Crippen LogP) is 3.79. The Balaban J connectivity index is 1.95. The van der Waals surface area contributed by atoms with Crippen LogP contribution in [0.3, 0.4) is 0 Å². The van der Waals surface area contributed by atoms with Crippen molar-refractivity contribution in [2.24, 2.45) is 5.92 Å². The van der Waals surface area contributed by atoms with E-state index in [-0.39, 0.29) is 0 Å². The Morgan fingerprint density at radius 3 is 2.93 bits per heavy atom. The molecule has 0 radical (unpaired) electrons. The summed E-state index contributed by atoms with van der Waals surface area (Å²) in [7, 11) is 0.